The summed E-state index contributed by atoms with van der Waals surface area (Å²) >= 11 is 1.21. The van der Waals surface area contributed by atoms with Gasteiger partial charge in [-0.25, -0.2) is 9.97 Å². The number of Topliss-reactive ketones (excluding diaryl/α,β-unsaturated/α-hetero) is 1. The Kier molecular flexibility index (Phi) is 7.57. The monoisotopic (exact) mass is 491 g/mol. The number of fused-ring (bicyclic) bond motifs is 1. The van der Waals surface area contributed by atoms with Crippen molar-refractivity contribution < 1.29 is 24.5 Å². The highest BCUT2D eigenvalue weighted by atomic mass is 32.2. The number of ether oxygens (including phenoxy) is 2. The average Bonchev–Trinajstić information content (AvgIpc) is 2.88. The molecule has 3 N–H and O–H groups in total. The maximum Gasteiger partial charge on any atom is 0.190 e. The van der Waals surface area contributed by atoms with Gasteiger partial charge < -0.3 is 25.0 Å². The fourth-order valence-corrected chi connectivity index (χ4v) is 4.27. The molecule has 1 aromatic heterocycles. The van der Waals surface area contributed by atoms with E-state index >= 15 is 0 Å². The fraction of sp³-hybridized carbons (Fsp3) is 0.192. The summed E-state index contributed by atoms with van der Waals surface area (Å²) in [7, 11) is 3.22. The summed E-state index contributed by atoms with van der Waals surface area (Å²) in [6.45, 7) is 0.631. The molecule has 4 aromatic rings. The van der Waals surface area contributed by atoms with E-state index in [-0.39, 0.29) is 23.0 Å². The van der Waals surface area contributed by atoms with Gasteiger partial charge in [-0.1, -0.05) is 30.0 Å². The van der Waals surface area contributed by atoms with Gasteiger partial charge in [0.25, 0.3) is 0 Å². The Morgan fingerprint density at radius 2 is 1.74 bits per heavy atom. The van der Waals surface area contributed by atoms with E-state index in [4.69, 9.17) is 9.47 Å². The largest absolute Gasteiger partial charge is 0.504 e. The number of carbonyl (C=O) groups excluding carboxylic acids is 1. The Morgan fingerprint density at radius 1 is 0.943 bits per heavy atom. The van der Waals surface area contributed by atoms with Crippen LogP contribution in [-0.2, 0) is 6.42 Å². The summed E-state index contributed by atoms with van der Waals surface area (Å²) in [5.41, 5.74) is 2.17. The van der Waals surface area contributed by atoms with Gasteiger partial charge in [0.1, 0.15) is 5.82 Å². The van der Waals surface area contributed by atoms with Crippen molar-refractivity contribution in [2.24, 2.45) is 0 Å². The molecule has 0 aliphatic heterocycles. The van der Waals surface area contributed by atoms with Crippen LogP contribution in [-0.4, -0.2) is 52.5 Å². The predicted octanol–water partition coefficient (Wildman–Crippen LogP) is 4.69. The minimum atomic E-state index is -0.330. The molecule has 4 rings (SSSR count). The number of hydrogen-bond acceptors (Lipinski definition) is 9. The van der Waals surface area contributed by atoms with Gasteiger partial charge >= 0.3 is 0 Å². The van der Waals surface area contributed by atoms with Crippen molar-refractivity contribution >= 4 is 34.3 Å². The first kappa shape index (κ1) is 24.2. The number of carbonyl (C=O) groups is 1. The lowest BCUT2D eigenvalue weighted by Crippen LogP contribution is -2.09. The number of benzene rings is 3. The maximum atomic E-state index is 12.6. The minimum absolute atomic E-state index is 0.0909. The van der Waals surface area contributed by atoms with Crippen molar-refractivity contribution in [1.82, 2.24) is 9.97 Å². The SMILES string of the molecule is COc1ccc(CCNc2nc(SCC(=O)c3ccc(O)c(O)c3)nc3ccccc23)cc1OC. The molecule has 0 aliphatic rings. The van der Waals surface area contributed by atoms with Crippen LogP contribution >= 0.6 is 11.8 Å². The summed E-state index contributed by atoms with van der Waals surface area (Å²) in [5.74, 6) is 1.35. The molecule has 0 saturated carbocycles. The van der Waals surface area contributed by atoms with Crippen LogP contribution in [0, 0.1) is 0 Å². The van der Waals surface area contributed by atoms with E-state index in [1.165, 1.54) is 30.0 Å². The number of ketones is 1. The molecule has 0 atom stereocenters. The van der Waals surface area contributed by atoms with Gasteiger partial charge in [-0.05, 0) is 54.4 Å². The zero-order valence-electron chi connectivity index (χ0n) is 19.3. The van der Waals surface area contributed by atoms with Crippen LogP contribution in [0.4, 0.5) is 5.82 Å². The Balaban J connectivity index is 1.47. The Labute approximate surface area is 207 Å². The number of para-hydroxylation sites is 1. The highest BCUT2D eigenvalue weighted by Crippen LogP contribution is 2.29. The molecule has 9 heteroatoms. The number of aromatic nitrogens is 2. The molecular formula is C26H25N3O5S. The van der Waals surface area contributed by atoms with Crippen molar-refractivity contribution in [3.05, 3.63) is 71.8 Å². The second-order valence-electron chi connectivity index (χ2n) is 7.65. The minimum Gasteiger partial charge on any atom is -0.504 e. The Bertz CT molecular complexity index is 1360. The van der Waals surface area contributed by atoms with E-state index in [1.807, 2.05) is 42.5 Å². The van der Waals surface area contributed by atoms with E-state index in [0.29, 0.717) is 34.6 Å². The number of rotatable bonds is 10. The number of methoxy groups -OCH3 is 2. The first-order valence-corrected chi connectivity index (χ1v) is 11.9. The second-order valence-corrected chi connectivity index (χ2v) is 8.60. The van der Waals surface area contributed by atoms with Crippen molar-refractivity contribution in [2.75, 3.05) is 31.8 Å². The summed E-state index contributed by atoms with van der Waals surface area (Å²) in [4.78, 5) is 21.8. The topological polar surface area (TPSA) is 114 Å². The van der Waals surface area contributed by atoms with Crippen molar-refractivity contribution in [3.63, 3.8) is 0 Å². The van der Waals surface area contributed by atoms with Crippen molar-refractivity contribution in [3.8, 4) is 23.0 Å². The second kappa shape index (κ2) is 11.0. The van der Waals surface area contributed by atoms with E-state index in [0.717, 1.165) is 22.9 Å². The fourth-order valence-electron chi connectivity index (χ4n) is 3.53. The third-order valence-electron chi connectivity index (χ3n) is 5.37. The lowest BCUT2D eigenvalue weighted by molar-refractivity contribution is 0.102. The van der Waals surface area contributed by atoms with Crippen LogP contribution in [0.5, 0.6) is 23.0 Å². The first-order chi connectivity index (χ1) is 17.0. The van der Waals surface area contributed by atoms with Crippen molar-refractivity contribution in [2.45, 2.75) is 11.6 Å². The molecule has 180 valence electrons. The van der Waals surface area contributed by atoms with Gasteiger partial charge in [-0.2, -0.15) is 0 Å². The van der Waals surface area contributed by atoms with Crippen LogP contribution in [0.15, 0.2) is 65.8 Å². The number of nitrogens with zero attached hydrogens (tertiary/aromatic N) is 2. The van der Waals surface area contributed by atoms with Crippen LogP contribution in [0.3, 0.4) is 0 Å². The highest BCUT2D eigenvalue weighted by molar-refractivity contribution is 7.99. The molecule has 0 fully saturated rings. The van der Waals surface area contributed by atoms with E-state index in [2.05, 4.69) is 15.3 Å². The van der Waals surface area contributed by atoms with Gasteiger partial charge in [-0.15, -0.1) is 0 Å². The van der Waals surface area contributed by atoms with Crippen LogP contribution in [0.25, 0.3) is 10.9 Å². The van der Waals surface area contributed by atoms with Crippen LogP contribution < -0.4 is 14.8 Å². The third-order valence-corrected chi connectivity index (χ3v) is 6.21. The Morgan fingerprint density at radius 3 is 2.51 bits per heavy atom. The lowest BCUT2D eigenvalue weighted by atomic mass is 10.1. The Hall–Kier alpha value is -3.98. The molecular weight excluding hydrogens is 466 g/mol. The smallest absolute Gasteiger partial charge is 0.190 e. The molecule has 0 bridgehead atoms. The lowest BCUT2D eigenvalue weighted by Gasteiger charge is -2.12. The average molecular weight is 492 g/mol. The van der Waals surface area contributed by atoms with Crippen LogP contribution in [0.2, 0.25) is 0 Å². The molecule has 1 heterocycles. The molecule has 0 radical (unpaired) electrons. The molecule has 0 aliphatic carbocycles. The molecule has 3 aromatic carbocycles. The maximum absolute atomic E-state index is 12.6. The zero-order chi connectivity index (χ0) is 24.8. The number of phenols is 2. The number of hydrogen-bond donors (Lipinski definition) is 3. The summed E-state index contributed by atoms with van der Waals surface area (Å²) < 4.78 is 10.7. The van der Waals surface area contributed by atoms with Gasteiger partial charge in [0.05, 0.1) is 25.5 Å². The summed E-state index contributed by atoms with van der Waals surface area (Å²) in [5, 5.41) is 23.9. The van der Waals surface area contributed by atoms with Gasteiger partial charge in [0.15, 0.2) is 33.9 Å². The summed E-state index contributed by atoms with van der Waals surface area (Å²) in [6, 6.07) is 17.5. The summed E-state index contributed by atoms with van der Waals surface area (Å²) in [6.07, 6.45) is 0.740. The number of aromatic hydroxyl groups is 2. The van der Waals surface area contributed by atoms with E-state index < -0.39 is 0 Å². The van der Waals surface area contributed by atoms with E-state index in [1.54, 1.807) is 14.2 Å². The molecule has 0 spiro atoms. The van der Waals surface area contributed by atoms with Gasteiger partial charge in [0, 0.05) is 17.5 Å². The van der Waals surface area contributed by atoms with E-state index in [9.17, 15) is 15.0 Å². The quantitative estimate of drug-likeness (QED) is 0.126. The first-order valence-electron chi connectivity index (χ1n) is 10.9. The molecule has 35 heavy (non-hydrogen) atoms. The third kappa shape index (κ3) is 5.75. The van der Waals surface area contributed by atoms with Crippen LogP contribution in [0.1, 0.15) is 15.9 Å². The molecule has 8 nitrogen and oxygen atoms in total. The van der Waals surface area contributed by atoms with Gasteiger partial charge in [0.2, 0.25) is 0 Å². The van der Waals surface area contributed by atoms with Gasteiger partial charge in [-0.3, -0.25) is 4.79 Å². The number of phenolic OH excluding ortho intramolecular Hbond substituents is 2. The zero-order valence-corrected chi connectivity index (χ0v) is 20.1. The molecule has 0 unspecified atom stereocenters. The van der Waals surface area contributed by atoms with Crippen molar-refractivity contribution in [1.29, 1.82) is 0 Å². The molecule has 0 amide bonds. The number of thioether (sulfide) groups is 1. The number of anilines is 1. The number of nitrogens with one attached hydrogen (secondary N) is 1. The normalized spacial score (nSPS) is 10.8. The molecule has 0 saturated heterocycles. The standard InChI is InChI=1S/C26H25N3O5S/c1-33-23-10-7-16(13-24(23)34-2)11-12-27-25-18-5-3-4-6-19(18)28-26(29-25)35-15-22(32)17-8-9-20(30)21(31)14-17/h3-10,13-14,30-31H,11-12,15H2,1-2H3,(H,27,28,29). The predicted molar refractivity (Wildman–Crippen MR) is 136 cm³/mol. The highest BCUT2D eigenvalue weighted by Gasteiger charge is 2.13.